The number of aliphatic hydroxyl groups is 1. The number of likely N-dealkylation sites (N-methyl/N-ethyl adjacent to an activating group) is 1. The Kier molecular flexibility index (Phi) is 13.3. The quantitative estimate of drug-likeness (QED) is 0.117. The number of carboxylic acids is 1. The van der Waals surface area contributed by atoms with E-state index in [4.69, 9.17) is 14.6 Å². The Hall–Kier alpha value is -3.82. The first kappa shape index (κ1) is 34.1. The first-order valence-electron chi connectivity index (χ1n) is 15.8. The molecule has 8 heteroatoms. The van der Waals surface area contributed by atoms with Gasteiger partial charge < -0.3 is 29.9 Å². The predicted octanol–water partition coefficient (Wildman–Crippen LogP) is 6.55. The van der Waals surface area contributed by atoms with Crippen LogP contribution in [0.15, 0.2) is 85.5 Å². The Morgan fingerprint density at radius 1 is 0.911 bits per heavy atom. The van der Waals surface area contributed by atoms with Crippen molar-refractivity contribution in [2.75, 3.05) is 20.1 Å². The average molecular weight is 615 g/mol. The number of unbranched alkanes of at least 4 members (excludes halogenated alkanes) is 3. The number of carbonyl (C=O) groups is 2. The van der Waals surface area contributed by atoms with Crippen LogP contribution in [-0.2, 0) is 32.2 Å². The molecule has 0 aromatic heterocycles. The normalized spacial score (nSPS) is 18.1. The summed E-state index contributed by atoms with van der Waals surface area (Å²) in [6, 6.07) is 24.3. The SMILES string of the molecule is C=CCN(C)C[C@@H]1C[C@H](c2ccc(CO)cc2)O[C@H](c2cccc(-c3cccc(CNC(=O)CCCCCCC(=O)O)c3)c2)O1. The molecule has 1 fully saturated rings. The third kappa shape index (κ3) is 10.9. The molecule has 4 rings (SSSR count). The van der Waals surface area contributed by atoms with E-state index in [9.17, 15) is 14.7 Å². The summed E-state index contributed by atoms with van der Waals surface area (Å²) in [7, 11) is 2.06. The Labute approximate surface area is 266 Å². The summed E-state index contributed by atoms with van der Waals surface area (Å²) in [6.07, 6.45) is 5.56. The number of aliphatic carboxylic acids is 1. The van der Waals surface area contributed by atoms with Gasteiger partial charge in [0.25, 0.3) is 0 Å². The Morgan fingerprint density at radius 2 is 1.62 bits per heavy atom. The minimum absolute atomic E-state index is 0.000996. The molecule has 240 valence electrons. The van der Waals surface area contributed by atoms with E-state index in [0.29, 0.717) is 25.8 Å². The fourth-order valence-corrected chi connectivity index (χ4v) is 5.61. The molecule has 3 atom stereocenters. The van der Waals surface area contributed by atoms with E-state index in [0.717, 1.165) is 65.7 Å². The smallest absolute Gasteiger partial charge is 0.303 e. The van der Waals surface area contributed by atoms with Crippen molar-refractivity contribution in [3.63, 3.8) is 0 Å². The maximum atomic E-state index is 12.4. The maximum Gasteiger partial charge on any atom is 0.303 e. The Balaban J connectivity index is 1.41. The van der Waals surface area contributed by atoms with Crippen molar-refractivity contribution in [3.05, 3.63) is 108 Å². The van der Waals surface area contributed by atoms with Crippen molar-refractivity contribution in [2.24, 2.45) is 0 Å². The van der Waals surface area contributed by atoms with E-state index in [-0.39, 0.29) is 31.1 Å². The molecule has 0 saturated carbocycles. The number of amides is 1. The third-order valence-corrected chi connectivity index (χ3v) is 8.02. The van der Waals surface area contributed by atoms with Crippen LogP contribution in [-0.4, -0.2) is 53.2 Å². The minimum Gasteiger partial charge on any atom is -0.481 e. The van der Waals surface area contributed by atoms with Crippen molar-refractivity contribution in [1.29, 1.82) is 0 Å². The number of hydrogen-bond donors (Lipinski definition) is 3. The number of carbonyl (C=O) groups excluding carboxylic acids is 1. The van der Waals surface area contributed by atoms with Crippen LogP contribution < -0.4 is 5.32 Å². The summed E-state index contributed by atoms with van der Waals surface area (Å²) in [4.78, 5) is 25.2. The van der Waals surface area contributed by atoms with Gasteiger partial charge in [-0.1, -0.05) is 79.6 Å². The molecular weight excluding hydrogens is 568 g/mol. The van der Waals surface area contributed by atoms with Gasteiger partial charge in [-0.2, -0.15) is 0 Å². The van der Waals surface area contributed by atoms with Gasteiger partial charge in [-0.05, 0) is 59.8 Å². The second-order valence-corrected chi connectivity index (χ2v) is 11.8. The lowest BCUT2D eigenvalue weighted by Crippen LogP contribution is -2.37. The van der Waals surface area contributed by atoms with Gasteiger partial charge in [-0.15, -0.1) is 6.58 Å². The van der Waals surface area contributed by atoms with Gasteiger partial charge in [0.05, 0.1) is 18.8 Å². The van der Waals surface area contributed by atoms with Gasteiger partial charge in [-0.3, -0.25) is 9.59 Å². The molecule has 8 nitrogen and oxygen atoms in total. The molecule has 0 radical (unpaired) electrons. The lowest BCUT2D eigenvalue weighted by atomic mass is 9.98. The van der Waals surface area contributed by atoms with Crippen molar-refractivity contribution < 1.29 is 29.3 Å². The topological polar surface area (TPSA) is 108 Å². The van der Waals surface area contributed by atoms with Crippen molar-refractivity contribution >= 4 is 11.9 Å². The summed E-state index contributed by atoms with van der Waals surface area (Å²) < 4.78 is 13.1. The summed E-state index contributed by atoms with van der Waals surface area (Å²) >= 11 is 0. The minimum atomic E-state index is -0.774. The molecule has 45 heavy (non-hydrogen) atoms. The number of ether oxygens (including phenoxy) is 2. The largest absolute Gasteiger partial charge is 0.481 e. The molecule has 3 N–H and O–H groups in total. The average Bonchev–Trinajstić information content (AvgIpc) is 3.05. The van der Waals surface area contributed by atoms with Gasteiger partial charge >= 0.3 is 5.97 Å². The standard InChI is InChI=1S/C37H46N2O6/c1-3-20-39(2)25-33-23-34(29-18-16-27(26-40)17-19-29)45-37(44-33)32-13-9-12-31(22-32)30-11-8-10-28(21-30)24-38-35(41)14-6-4-5-7-15-36(42)43/h3,8-13,16-19,21-22,33-34,37,40H,1,4-7,14-15,20,23-26H2,2H3,(H,38,41)(H,42,43)/t33-,34+,37+/m0/s1. The van der Waals surface area contributed by atoms with Crippen LogP contribution in [0.2, 0.25) is 0 Å². The number of carboxylic acid groups (broad SMARTS) is 1. The lowest BCUT2D eigenvalue weighted by molar-refractivity contribution is -0.252. The van der Waals surface area contributed by atoms with E-state index in [1.807, 2.05) is 54.6 Å². The highest BCUT2D eigenvalue weighted by atomic mass is 16.7. The molecule has 0 aliphatic carbocycles. The first-order valence-corrected chi connectivity index (χ1v) is 15.8. The number of nitrogens with one attached hydrogen (secondary N) is 1. The van der Waals surface area contributed by atoms with Crippen molar-refractivity contribution in [1.82, 2.24) is 10.2 Å². The van der Waals surface area contributed by atoms with Gasteiger partial charge in [0, 0.05) is 44.5 Å². The molecule has 3 aromatic carbocycles. The highest BCUT2D eigenvalue weighted by Crippen LogP contribution is 2.39. The highest BCUT2D eigenvalue weighted by Gasteiger charge is 2.32. The van der Waals surface area contributed by atoms with Crippen LogP contribution in [0.25, 0.3) is 11.1 Å². The zero-order valence-electron chi connectivity index (χ0n) is 26.2. The second-order valence-electron chi connectivity index (χ2n) is 11.8. The van der Waals surface area contributed by atoms with E-state index in [1.54, 1.807) is 0 Å². The second kappa shape index (κ2) is 17.6. The van der Waals surface area contributed by atoms with Gasteiger partial charge in [0.1, 0.15) is 0 Å². The van der Waals surface area contributed by atoms with Crippen LogP contribution >= 0.6 is 0 Å². The van der Waals surface area contributed by atoms with E-state index in [2.05, 4.69) is 48.1 Å². The maximum absolute atomic E-state index is 12.4. The Morgan fingerprint density at radius 3 is 2.33 bits per heavy atom. The van der Waals surface area contributed by atoms with E-state index >= 15 is 0 Å². The van der Waals surface area contributed by atoms with Crippen molar-refractivity contribution in [3.8, 4) is 11.1 Å². The van der Waals surface area contributed by atoms with E-state index < -0.39 is 12.3 Å². The van der Waals surface area contributed by atoms with E-state index in [1.165, 1.54) is 0 Å². The highest BCUT2D eigenvalue weighted by molar-refractivity contribution is 5.76. The summed E-state index contributed by atoms with van der Waals surface area (Å²) in [5, 5.41) is 21.2. The first-order chi connectivity index (χ1) is 21.8. The molecule has 1 saturated heterocycles. The molecule has 0 bridgehead atoms. The van der Waals surface area contributed by atoms with Crippen LogP contribution in [0.5, 0.6) is 0 Å². The number of aliphatic hydroxyl groups excluding tert-OH is 1. The lowest BCUT2D eigenvalue weighted by Gasteiger charge is -2.37. The van der Waals surface area contributed by atoms with Gasteiger partial charge in [-0.25, -0.2) is 0 Å². The van der Waals surface area contributed by atoms with Crippen LogP contribution in [0, 0.1) is 0 Å². The zero-order chi connectivity index (χ0) is 32.0. The molecule has 3 aromatic rings. The summed E-state index contributed by atoms with van der Waals surface area (Å²) in [5.41, 5.74) is 5.93. The molecule has 1 aliphatic heterocycles. The molecule has 1 amide bonds. The number of nitrogens with zero attached hydrogens (tertiary/aromatic N) is 1. The fourth-order valence-electron chi connectivity index (χ4n) is 5.61. The molecule has 0 unspecified atom stereocenters. The summed E-state index contributed by atoms with van der Waals surface area (Å²) in [5.74, 6) is -0.773. The van der Waals surface area contributed by atoms with Crippen molar-refractivity contribution in [2.45, 2.75) is 76.6 Å². The predicted molar refractivity (Wildman–Crippen MR) is 175 cm³/mol. The van der Waals surface area contributed by atoms with Crippen LogP contribution in [0.4, 0.5) is 0 Å². The monoisotopic (exact) mass is 614 g/mol. The van der Waals surface area contributed by atoms with Crippen LogP contribution in [0.1, 0.15) is 79.6 Å². The third-order valence-electron chi connectivity index (χ3n) is 8.02. The zero-order valence-corrected chi connectivity index (χ0v) is 26.2. The number of rotatable bonds is 17. The Bertz CT molecular complexity index is 1390. The number of benzene rings is 3. The van der Waals surface area contributed by atoms with Gasteiger partial charge in [0.2, 0.25) is 5.91 Å². The summed E-state index contributed by atoms with van der Waals surface area (Å²) in [6.45, 7) is 5.82. The molecule has 1 heterocycles. The molecule has 1 aliphatic rings. The number of hydrogen-bond acceptors (Lipinski definition) is 6. The van der Waals surface area contributed by atoms with Gasteiger partial charge in [0.15, 0.2) is 6.29 Å². The molecule has 0 spiro atoms. The molecular formula is C37H46N2O6. The fraction of sp³-hybridized carbons (Fsp3) is 0.405. The van der Waals surface area contributed by atoms with Crippen LogP contribution in [0.3, 0.4) is 0 Å².